The number of furan rings is 1. The average Bonchev–Trinajstić information content (AvgIpc) is 2.51. The molecule has 0 saturated heterocycles. The lowest BCUT2D eigenvalue weighted by molar-refractivity contribution is 0.0816. The number of rotatable bonds is 5. The second-order valence-electron chi connectivity index (χ2n) is 3.55. The largest absolute Gasteiger partial charge is 0.449 e. The van der Waals surface area contributed by atoms with Crippen LogP contribution in [0.1, 0.15) is 26.0 Å². The highest BCUT2D eigenvalue weighted by molar-refractivity contribution is 7.98. The number of aliphatic hydroxyl groups is 1. The summed E-state index contributed by atoms with van der Waals surface area (Å²) in [6.07, 6.45) is 0.763. The number of hydrogen-bond acceptors (Lipinski definition) is 3. The molecule has 0 saturated carbocycles. The first-order valence-corrected chi connectivity index (χ1v) is 6.11. The Morgan fingerprint density at radius 1 is 1.57 bits per heavy atom. The zero-order valence-corrected chi connectivity index (χ0v) is 9.99. The Morgan fingerprint density at radius 2 is 2.29 bits per heavy atom. The summed E-state index contributed by atoms with van der Waals surface area (Å²) in [6.45, 7) is 3.82. The molecule has 1 aromatic rings. The Balaban J connectivity index is 2.28. The second kappa shape index (κ2) is 5.10. The molecule has 0 bridgehead atoms. The van der Waals surface area contributed by atoms with E-state index in [9.17, 15) is 5.11 Å². The van der Waals surface area contributed by atoms with Gasteiger partial charge in [0.15, 0.2) is 5.22 Å². The molecule has 0 fully saturated rings. The van der Waals surface area contributed by atoms with Gasteiger partial charge in [0.2, 0.25) is 0 Å². The van der Waals surface area contributed by atoms with Crippen molar-refractivity contribution in [3.63, 3.8) is 0 Å². The van der Waals surface area contributed by atoms with E-state index in [1.807, 2.05) is 19.9 Å². The van der Waals surface area contributed by atoms with Crippen molar-refractivity contribution in [3.05, 3.63) is 23.1 Å². The highest BCUT2D eigenvalue weighted by Crippen LogP contribution is 2.22. The Bertz CT molecular complexity index is 283. The van der Waals surface area contributed by atoms with Gasteiger partial charge in [0.25, 0.3) is 0 Å². The predicted molar refractivity (Wildman–Crippen MR) is 60.8 cm³/mol. The van der Waals surface area contributed by atoms with E-state index in [4.69, 9.17) is 16.0 Å². The fourth-order valence-corrected chi connectivity index (χ4v) is 2.17. The quantitative estimate of drug-likeness (QED) is 0.849. The molecule has 4 heteroatoms. The molecule has 1 N–H and O–H groups in total. The van der Waals surface area contributed by atoms with E-state index in [1.165, 1.54) is 0 Å². The molecule has 14 heavy (non-hydrogen) atoms. The molecule has 0 aliphatic rings. The van der Waals surface area contributed by atoms with Crippen LogP contribution in [-0.2, 0) is 5.75 Å². The lowest BCUT2D eigenvalue weighted by atomic mass is 10.1. The summed E-state index contributed by atoms with van der Waals surface area (Å²) < 4.78 is 5.19. The normalized spacial score (nSPS) is 15.4. The maximum atomic E-state index is 9.73. The molecule has 0 aliphatic heterocycles. The monoisotopic (exact) mass is 234 g/mol. The second-order valence-corrected chi connectivity index (χ2v) is 4.91. The van der Waals surface area contributed by atoms with Gasteiger partial charge in [0.1, 0.15) is 5.76 Å². The third kappa shape index (κ3) is 3.95. The van der Waals surface area contributed by atoms with Crippen LogP contribution < -0.4 is 0 Å². The van der Waals surface area contributed by atoms with Gasteiger partial charge in [-0.15, -0.1) is 0 Å². The van der Waals surface area contributed by atoms with Crippen molar-refractivity contribution in [2.24, 2.45) is 0 Å². The minimum absolute atomic E-state index is 0.419. The molecular formula is C10H15ClO2S. The third-order valence-electron chi connectivity index (χ3n) is 2.05. The van der Waals surface area contributed by atoms with Crippen molar-refractivity contribution in [1.82, 2.24) is 0 Å². The zero-order chi connectivity index (χ0) is 10.6. The molecule has 0 spiro atoms. The lowest BCUT2D eigenvalue weighted by Crippen LogP contribution is -2.25. The Morgan fingerprint density at radius 3 is 2.79 bits per heavy atom. The molecule has 1 aromatic heterocycles. The Hall–Kier alpha value is -0.120. The standard InChI is InChI=1S/C10H15ClO2S/c1-3-10(2,12)7-14-6-8-4-5-9(11)13-8/h4-5,12H,3,6-7H2,1-2H3. The average molecular weight is 235 g/mol. The van der Waals surface area contributed by atoms with E-state index in [0.29, 0.717) is 11.0 Å². The molecule has 0 aromatic carbocycles. The summed E-state index contributed by atoms with van der Waals surface area (Å²) in [5, 5.41) is 10.1. The van der Waals surface area contributed by atoms with Crippen LogP contribution in [-0.4, -0.2) is 16.5 Å². The summed E-state index contributed by atoms with van der Waals surface area (Å²) in [6, 6.07) is 3.59. The van der Waals surface area contributed by atoms with Gasteiger partial charge < -0.3 is 9.52 Å². The molecule has 0 amide bonds. The first-order chi connectivity index (χ1) is 6.53. The first kappa shape index (κ1) is 12.0. The summed E-state index contributed by atoms with van der Waals surface area (Å²) in [7, 11) is 0. The molecule has 0 radical (unpaired) electrons. The summed E-state index contributed by atoms with van der Waals surface area (Å²) in [5.74, 6) is 2.32. The van der Waals surface area contributed by atoms with Gasteiger partial charge in [-0.2, -0.15) is 11.8 Å². The van der Waals surface area contributed by atoms with Crippen LogP contribution >= 0.6 is 23.4 Å². The highest BCUT2D eigenvalue weighted by Gasteiger charge is 2.17. The predicted octanol–water partition coefficient (Wildman–Crippen LogP) is 3.33. The van der Waals surface area contributed by atoms with Crippen molar-refractivity contribution in [3.8, 4) is 0 Å². The maximum absolute atomic E-state index is 9.73. The topological polar surface area (TPSA) is 33.4 Å². The molecule has 80 valence electrons. The number of halogens is 1. The van der Waals surface area contributed by atoms with Gasteiger partial charge >= 0.3 is 0 Å². The van der Waals surface area contributed by atoms with E-state index in [0.717, 1.165) is 17.9 Å². The van der Waals surface area contributed by atoms with Crippen molar-refractivity contribution in [1.29, 1.82) is 0 Å². The van der Waals surface area contributed by atoms with Crippen molar-refractivity contribution >= 4 is 23.4 Å². The van der Waals surface area contributed by atoms with Crippen LogP contribution in [0, 0.1) is 0 Å². The molecule has 1 atom stereocenters. The summed E-state index contributed by atoms with van der Waals surface area (Å²) >= 11 is 7.28. The van der Waals surface area contributed by atoms with Crippen LogP contribution in [0.5, 0.6) is 0 Å². The minimum atomic E-state index is -0.582. The van der Waals surface area contributed by atoms with Gasteiger partial charge in [-0.3, -0.25) is 0 Å². The van der Waals surface area contributed by atoms with Crippen LogP contribution in [0.2, 0.25) is 5.22 Å². The molecule has 0 aliphatic carbocycles. The molecule has 1 unspecified atom stereocenters. The van der Waals surface area contributed by atoms with Gasteiger partial charge in [-0.25, -0.2) is 0 Å². The molecule has 1 rings (SSSR count). The maximum Gasteiger partial charge on any atom is 0.193 e. The number of hydrogen-bond donors (Lipinski definition) is 1. The van der Waals surface area contributed by atoms with E-state index in [-0.39, 0.29) is 0 Å². The van der Waals surface area contributed by atoms with Crippen molar-refractivity contribution < 1.29 is 9.52 Å². The van der Waals surface area contributed by atoms with E-state index in [2.05, 4.69) is 0 Å². The van der Waals surface area contributed by atoms with Crippen LogP contribution in [0.4, 0.5) is 0 Å². The molecule has 2 nitrogen and oxygen atoms in total. The van der Waals surface area contributed by atoms with E-state index >= 15 is 0 Å². The smallest absolute Gasteiger partial charge is 0.193 e. The Labute approximate surface area is 93.6 Å². The van der Waals surface area contributed by atoms with E-state index in [1.54, 1.807) is 17.8 Å². The third-order valence-corrected chi connectivity index (χ3v) is 3.57. The minimum Gasteiger partial charge on any atom is -0.449 e. The van der Waals surface area contributed by atoms with Crippen molar-refractivity contribution in [2.45, 2.75) is 31.6 Å². The van der Waals surface area contributed by atoms with Gasteiger partial charge in [-0.1, -0.05) is 6.92 Å². The van der Waals surface area contributed by atoms with Gasteiger partial charge in [-0.05, 0) is 37.1 Å². The fraction of sp³-hybridized carbons (Fsp3) is 0.600. The lowest BCUT2D eigenvalue weighted by Gasteiger charge is -2.19. The Kier molecular flexibility index (Phi) is 4.35. The number of thioether (sulfide) groups is 1. The van der Waals surface area contributed by atoms with E-state index < -0.39 is 5.60 Å². The summed E-state index contributed by atoms with van der Waals surface area (Å²) in [5.41, 5.74) is -0.582. The zero-order valence-electron chi connectivity index (χ0n) is 8.42. The van der Waals surface area contributed by atoms with Crippen LogP contribution in [0.3, 0.4) is 0 Å². The van der Waals surface area contributed by atoms with Crippen molar-refractivity contribution in [2.75, 3.05) is 5.75 Å². The SMILES string of the molecule is CCC(C)(O)CSCc1ccc(Cl)o1. The van der Waals surface area contributed by atoms with Gasteiger partial charge in [0, 0.05) is 5.75 Å². The molecule has 1 heterocycles. The summed E-state index contributed by atoms with van der Waals surface area (Å²) in [4.78, 5) is 0. The highest BCUT2D eigenvalue weighted by atomic mass is 35.5. The fourth-order valence-electron chi connectivity index (χ4n) is 0.903. The first-order valence-electron chi connectivity index (χ1n) is 4.58. The molecular weight excluding hydrogens is 220 g/mol. The van der Waals surface area contributed by atoms with Crippen LogP contribution in [0.25, 0.3) is 0 Å². The van der Waals surface area contributed by atoms with Crippen LogP contribution in [0.15, 0.2) is 16.5 Å². The van der Waals surface area contributed by atoms with Gasteiger partial charge in [0.05, 0.1) is 11.4 Å².